The Kier molecular flexibility index (Phi) is 10.3. The average Bonchev–Trinajstić information content (AvgIpc) is 2.97. The molecule has 4 N–H and O–H groups in total. The maximum Gasteiger partial charge on any atom is 0.305 e. The predicted molar refractivity (Wildman–Crippen MR) is 166 cm³/mol. The molecule has 1 unspecified atom stereocenters. The van der Waals surface area contributed by atoms with Gasteiger partial charge in [-0.15, -0.1) is 0 Å². The van der Waals surface area contributed by atoms with Crippen molar-refractivity contribution in [2.45, 2.75) is 52.0 Å². The van der Waals surface area contributed by atoms with E-state index in [9.17, 15) is 19.5 Å². The Morgan fingerprint density at radius 2 is 1.64 bits per heavy atom. The van der Waals surface area contributed by atoms with E-state index in [-0.39, 0.29) is 25.3 Å². The molecule has 0 radical (unpaired) electrons. The summed E-state index contributed by atoms with van der Waals surface area (Å²) >= 11 is 0. The summed E-state index contributed by atoms with van der Waals surface area (Å²) in [6, 6.07) is 23.3. The fourth-order valence-electron chi connectivity index (χ4n) is 5.01. The summed E-state index contributed by atoms with van der Waals surface area (Å²) in [5.74, 6) is -0.575. The molecule has 8 heteroatoms. The number of aromatic nitrogens is 1. The van der Waals surface area contributed by atoms with E-state index in [1.807, 2.05) is 55.5 Å². The molecule has 42 heavy (non-hydrogen) atoms. The van der Waals surface area contributed by atoms with Crippen LogP contribution in [0.3, 0.4) is 0 Å². The Balaban J connectivity index is 1.34. The molecule has 4 rings (SSSR count). The van der Waals surface area contributed by atoms with E-state index < -0.39 is 17.9 Å². The number of hydrogen-bond donors (Lipinski definition) is 4. The second-order valence-electron chi connectivity index (χ2n) is 10.8. The lowest BCUT2D eigenvalue weighted by Gasteiger charge is -2.19. The molecule has 0 fully saturated rings. The van der Waals surface area contributed by atoms with Crippen molar-refractivity contribution in [3.8, 4) is 11.1 Å². The second-order valence-corrected chi connectivity index (χ2v) is 10.8. The highest BCUT2D eigenvalue weighted by Crippen LogP contribution is 2.34. The third kappa shape index (κ3) is 8.16. The van der Waals surface area contributed by atoms with Gasteiger partial charge in [-0.3, -0.25) is 14.4 Å². The first-order chi connectivity index (χ1) is 20.2. The number of nitrogens with zero attached hydrogens (tertiary/aromatic N) is 1. The van der Waals surface area contributed by atoms with Gasteiger partial charge < -0.3 is 21.1 Å². The maximum atomic E-state index is 12.6. The molecule has 0 spiro atoms. The van der Waals surface area contributed by atoms with Crippen molar-refractivity contribution in [1.82, 2.24) is 15.6 Å². The monoisotopic (exact) mass is 566 g/mol. The van der Waals surface area contributed by atoms with E-state index in [1.54, 1.807) is 6.20 Å². The summed E-state index contributed by atoms with van der Waals surface area (Å²) < 4.78 is 0. The molecule has 3 aromatic carbocycles. The van der Waals surface area contributed by atoms with E-state index >= 15 is 0 Å². The van der Waals surface area contributed by atoms with Crippen LogP contribution in [0.2, 0.25) is 0 Å². The van der Waals surface area contributed by atoms with Gasteiger partial charge in [0.25, 0.3) is 0 Å². The Morgan fingerprint density at radius 1 is 0.905 bits per heavy atom. The number of aryl methyl sites for hydroxylation is 1. The zero-order chi connectivity index (χ0) is 30.1. The quantitative estimate of drug-likeness (QED) is 0.148. The van der Waals surface area contributed by atoms with Gasteiger partial charge in [-0.25, -0.2) is 4.98 Å². The molecule has 4 aromatic rings. The Morgan fingerprint density at radius 3 is 2.33 bits per heavy atom. The second kappa shape index (κ2) is 14.3. The minimum Gasteiger partial charge on any atom is -0.481 e. The first-order valence-electron chi connectivity index (χ1n) is 14.3. The molecule has 0 saturated heterocycles. The Labute approximate surface area is 246 Å². The van der Waals surface area contributed by atoms with Crippen molar-refractivity contribution >= 4 is 34.4 Å². The zero-order valence-corrected chi connectivity index (χ0v) is 24.3. The summed E-state index contributed by atoms with van der Waals surface area (Å²) in [4.78, 5) is 40.7. The minimum absolute atomic E-state index is 0.228. The van der Waals surface area contributed by atoms with Gasteiger partial charge in [-0.05, 0) is 70.0 Å². The number of amides is 2. The highest BCUT2D eigenvalue weighted by atomic mass is 16.4. The molecule has 1 heterocycles. The van der Waals surface area contributed by atoms with E-state index in [1.165, 1.54) is 10.9 Å². The van der Waals surface area contributed by atoms with Crippen molar-refractivity contribution in [3.05, 3.63) is 95.7 Å². The van der Waals surface area contributed by atoms with E-state index in [0.717, 1.165) is 27.9 Å². The molecule has 0 bridgehead atoms. The number of fused-ring (bicyclic) bond motifs is 1. The number of carboxylic acids is 1. The maximum absolute atomic E-state index is 12.6. The molecule has 218 valence electrons. The number of anilines is 1. The third-order valence-corrected chi connectivity index (χ3v) is 7.17. The van der Waals surface area contributed by atoms with Crippen molar-refractivity contribution in [3.63, 3.8) is 0 Å². The molecule has 1 atom stereocenters. The van der Waals surface area contributed by atoms with Crippen LogP contribution in [0, 0.1) is 6.92 Å². The van der Waals surface area contributed by atoms with Crippen LogP contribution in [0.5, 0.6) is 0 Å². The van der Waals surface area contributed by atoms with Crippen LogP contribution >= 0.6 is 0 Å². The fourth-order valence-corrected chi connectivity index (χ4v) is 5.01. The standard InChI is InChI=1S/C34H38N4O4/c1-22(2)26-14-15-27(29-8-5-4-7-28(26)29)24-10-12-25(13-11-24)30(20-34(41)42)38-33(40)21-37-32(39)9-6-17-35-31-19-23(3)16-18-36-31/h4-5,7-8,10-16,18-19,22,30H,6,9,17,20-21H2,1-3H3,(H,35,36)(H,37,39)(H,38,40)(H,41,42). The number of pyridine rings is 1. The molecule has 1 aromatic heterocycles. The van der Waals surface area contributed by atoms with Gasteiger partial charge >= 0.3 is 5.97 Å². The van der Waals surface area contributed by atoms with Crippen molar-refractivity contribution < 1.29 is 19.5 Å². The smallest absolute Gasteiger partial charge is 0.305 e. The summed E-state index contributed by atoms with van der Waals surface area (Å²) in [6.07, 6.45) is 2.28. The van der Waals surface area contributed by atoms with Crippen LogP contribution in [0.1, 0.15) is 61.8 Å². The number of carboxylic acid groups (broad SMARTS) is 1. The van der Waals surface area contributed by atoms with E-state index in [4.69, 9.17) is 0 Å². The Bertz CT molecular complexity index is 1550. The average molecular weight is 567 g/mol. The number of nitrogens with one attached hydrogen (secondary N) is 3. The number of carbonyl (C=O) groups excluding carboxylic acids is 2. The van der Waals surface area contributed by atoms with Crippen LogP contribution in [0.15, 0.2) is 79.0 Å². The largest absolute Gasteiger partial charge is 0.481 e. The van der Waals surface area contributed by atoms with Crippen LogP contribution in [0.4, 0.5) is 5.82 Å². The molecule has 2 amide bonds. The number of rotatable bonds is 13. The topological polar surface area (TPSA) is 120 Å². The molecule has 0 aliphatic carbocycles. The van der Waals surface area contributed by atoms with E-state index in [2.05, 4.69) is 59.0 Å². The lowest BCUT2D eigenvalue weighted by atomic mass is 9.90. The predicted octanol–water partition coefficient (Wildman–Crippen LogP) is 5.97. The van der Waals surface area contributed by atoms with Crippen molar-refractivity contribution in [1.29, 1.82) is 0 Å². The summed E-state index contributed by atoms with van der Waals surface area (Å²) in [7, 11) is 0. The van der Waals surface area contributed by atoms with Gasteiger partial charge in [0.1, 0.15) is 5.82 Å². The lowest BCUT2D eigenvalue weighted by molar-refractivity contribution is -0.138. The fraction of sp³-hybridized carbons (Fsp3) is 0.294. The molecule has 0 aliphatic heterocycles. The summed E-state index contributed by atoms with van der Waals surface area (Å²) in [5, 5.41) is 20.4. The zero-order valence-electron chi connectivity index (χ0n) is 24.3. The lowest BCUT2D eigenvalue weighted by Crippen LogP contribution is -2.39. The molecule has 0 saturated carbocycles. The van der Waals surface area contributed by atoms with Gasteiger partial charge in [0.15, 0.2) is 0 Å². The third-order valence-electron chi connectivity index (χ3n) is 7.17. The minimum atomic E-state index is -1.03. The Hall–Kier alpha value is -4.72. The molecular formula is C34H38N4O4. The number of aliphatic carboxylic acids is 1. The molecule has 0 aliphatic rings. The molecule has 8 nitrogen and oxygen atoms in total. The van der Waals surface area contributed by atoms with Gasteiger partial charge in [0.2, 0.25) is 11.8 Å². The van der Waals surface area contributed by atoms with Crippen molar-refractivity contribution in [2.24, 2.45) is 0 Å². The first-order valence-corrected chi connectivity index (χ1v) is 14.3. The van der Waals surface area contributed by atoms with Gasteiger partial charge in [0.05, 0.1) is 19.0 Å². The van der Waals surface area contributed by atoms with Gasteiger partial charge in [-0.1, -0.05) is 74.5 Å². The van der Waals surface area contributed by atoms with Crippen LogP contribution < -0.4 is 16.0 Å². The van der Waals surface area contributed by atoms with Crippen LogP contribution in [-0.2, 0) is 14.4 Å². The normalized spacial score (nSPS) is 11.7. The summed E-state index contributed by atoms with van der Waals surface area (Å²) in [6.45, 7) is 6.69. The highest BCUT2D eigenvalue weighted by molar-refractivity contribution is 5.98. The van der Waals surface area contributed by atoms with Gasteiger partial charge in [0, 0.05) is 19.2 Å². The van der Waals surface area contributed by atoms with Crippen LogP contribution in [-0.4, -0.2) is 41.0 Å². The van der Waals surface area contributed by atoms with E-state index in [0.29, 0.717) is 24.4 Å². The number of carbonyl (C=O) groups is 3. The summed E-state index contributed by atoms with van der Waals surface area (Å²) in [5.41, 5.74) is 5.16. The van der Waals surface area contributed by atoms with Crippen LogP contribution in [0.25, 0.3) is 21.9 Å². The highest BCUT2D eigenvalue weighted by Gasteiger charge is 2.19. The molecular weight excluding hydrogens is 528 g/mol. The van der Waals surface area contributed by atoms with Crippen molar-refractivity contribution in [2.75, 3.05) is 18.4 Å². The SMILES string of the molecule is Cc1ccnc(NCCCC(=O)NCC(=O)NC(CC(=O)O)c2ccc(-c3ccc(C(C)C)c4ccccc34)cc2)c1. The number of hydrogen-bond acceptors (Lipinski definition) is 5. The first kappa shape index (κ1) is 30.2. The van der Waals surface area contributed by atoms with Gasteiger partial charge in [-0.2, -0.15) is 0 Å². The number of benzene rings is 3.